The van der Waals surface area contributed by atoms with Gasteiger partial charge in [0.25, 0.3) is 0 Å². The van der Waals surface area contributed by atoms with Gasteiger partial charge in [-0.2, -0.15) is 0 Å². The molecule has 3 heterocycles. The van der Waals surface area contributed by atoms with Crippen molar-refractivity contribution in [1.82, 2.24) is 9.88 Å². The van der Waals surface area contributed by atoms with Crippen molar-refractivity contribution in [1.29, 1.82) is 0 Å². The number of amides is 2. The standard InChI is InChI=1S/C21H22FN3O3/c22-16-1-2-18-14(11-16)3-5-21(28-18)6-9-25(10-7-21)19(26)13-17-12-15(20(23)27)4-8-24-17/h1-2,4,8,11-12H,3,5-7,9-10,13H2,(H2,23,27). The van der Waals surface area contributed by atoms with Crippen LogP contribution in [0.4, 0.5) is 4.39 Å². The number of ether oxygens (including phenoxy) is 1. The van der Waals surface area contributed by atoms with Crippen LogP contribution in [-0.2, 0) is 17.6 Å². The molecule has 6 nitrogen and oxygen atoms in total. The lowest BCUT2D eigenvalue weighted by atomic mass is 9.83. The SMILES string of the molecule is NC(=O)c1ccnc(CC(=O)N2CCC3(CCc4cc(F)ccc4O3)CC2)c1. The number of nitrogens with two attached hydrogens (primary N) is 1. The Balaban J connectivity index is 1.38. The highest BCUT2D eigenvalue weighted by Crippen LogP contribution is 2.39. The average molecular weight is 383 g/mol. The summed E-state index contributed by atoms with van der Waals surface area (Å²) in [6.07, 6.45) is 4.72. The summed E-state index contributed by atoms with van der Waals surface area (Å²) in [4.78, 5) is 29.9. The Morgan fingerprint density at radius 2 is 1.96 bits per heavy atom. The van der Waals surface area contributed by atoms with E-state index in [1.807, 2.05) is 4.90 Å². The number of nitrogens with zero attached hydrogens (tertiary/aromatic N) is 2. The minimum absolute atomic E-state index is 0.0257. The number of pyridine rings is 1. The molecule has 0 saturated carbocycles. The van der Waals surface area contributed by atoms with Crippen LogP contribution in [0.25, 0.3) is 0 Å². The quantitative estimate of drug-likeness (QED) is 0.881. The largest absolute Gasteiger partial charge is 0.487 e. The Labute approximate surface area is 162 Å². The van der Waals surface area contributed by atoms with Crippen LogP contribution in [0.3, 0.4) is 0 Å². The van der Waals surface area contributed by atoms with Crippen molar-refractivity contribution in [3.05, 3.63) is 59.2 Å². The highest BCUT2D eigenvalue weighted by atomic mass is 19.1. The second-order valence-corrected chi connectivity index (χ2v) is 7.49. The van der Waals surface area contributed by atoms with Gasteiger partial charge in [0, 0.05) is 37.7 Å². The second-order valence-electron chi connectivity index (χ2n) is 7.49. The molecule has 1 saturated heterocycles. The number of carbonyl (C=O) groups excluding carboxylic acids is 2. The zero-order chi connectivity index (χ0) is 19.7. The molecule has 1 aromatic carbocycles. The van der Waals surface area contributed by atoms with Gasteiger partial charge in [0.2, 0.25) is 11.8 Å². The molecule has 1 spiro atoms. The maximum absolute atomic E-state index is 13.4. The van der Waals surface area contributed by atoms with Gasteiger partial charge in [-0.1, -0.05) is 0 Å². The molecule has 1 fully saturated rings. The van der Waals surface area contributed by atoms with E-state index in [0.29, 0.717) is 24.3 Å². The van der Waals surface area contributed by atoms with E-state index >= 15 is 0 Å². The number of hydrogen-bond acceptors (Lipinski definition) is 4. The molecule has 146 valence electrons. The maximum atomic E-state index is 13.4. The van der Waals surface area contributed by atoms with Crippen LogP contribution in [0.2, 0.25) is 0 Å². The lowest BCUT2D eigenvalue weighted by Gasteiger charge is -2.44. The van der Waals surface area contributed by atoms with Crippen LogP contribution in [0.5, 0.6) is 5.75 Å². The van der Waals surface area contributed by atoms with Crippen molar-refractivity contribution in [2.45, 2.75) is 37.7 Å². The summed E-state index contributed by atoms with van der Waals surface area (Å²) in [6, 6.07) is 7.75. The fourth-order valence-corrected chi connectivity index (χ4v) is 4.00. The van der Waals surface area contributed by atoms with E-state index in [0.717, 1.165) is 37.0 Å². The Hall–Kier alpha value is -2.96. The number of primary amides is 1. The Kier molecular flexibility index (Phi) is 4.75. The van der Waals surface area contributed by atoms with E-state index in [4.69, 9.17) is 10.5 Å². The van der Waals surface area contributed by atoms with Crippen molar-refractivity contribution >= 4 is 11.8 Å². The van der Waals surface area contributed by atoms with Gasteiger partial charge in [-0.25, -0.2) is 4.39 Å². The van der Waals surface area contributed by atoms with E-state index in [2.05, 4.69) is 4.98 Å². The Morgan fingerprint density at radius 3 is 2.71 bits per heavy atom. The van der Waals surface area contributed by atoms with E-state index in [-0.39, 0.29) is 23.7 Å². The number of halogens is 1. The Bertz CT molecular complexity index is 923. The third-order valence-electron chi connectivity index (χ3n) is 5.66. The van der Waals surface area contributed by atoms with Crippen molar-refractivity contribution in [2.24, 2.45) is 5.73 Å². The average Bonchev–Trinajstić information content (AvgIpc) is 2.69. The summed E-state index contributed by atoms with van der Waals surface area (Å²) in [7, 11) is 0. The predicted octanol–water partition coefficient (Wildman–Crippen LogP) is 2.25. The van der Waals surface area contributed by atoms with Crippen LogP contribution >= 0.6 is 0 Å². The van der Waals surface area contributed by atoms with E-state index < -0.39 is 5.91 Å². The van der Waals surface area contributed by atoms with Gasteiger partial charge >= 0.3 is 0 Å². The lowest BCUT2D eigenvalue weighted by molar-refractivity contribution is -0.134. The van der Waals surface area contributed by atoms with Crippen LogP contribution < -0.4 is 10.5 Å². The first kappa shape index (κ1) is 18.4. The zero-order valence-corrected chi connectivity index (χ0v) is 15.5. The third kappa shape index (κ3) is 3.69. The molecule has 2 amide bonds. The molecule has 0 aliphatic carbocycles. The van der Waals surface area contributed by atoms with Crippen LogP contribution in [0.15, 0.2) is 36.5 Å². The minimum Gasteiger partial charge on any atom is -0.487 e. The number of hydrogen-bond donors (Lipinski definition) is 1. The number of aromatic nitrogens is 1. The molecule has 1 aromatic heterocycles. The number of piperidine rings is 1. The zero-order valence-electron chi connectivity index (χ0n) is 15.5. The number of likely N-dealkylation sites (tertiary alicyclic amines) is 1. The van der Waals surface area contributed by atoms with Crippen LogP contribution in [0, 0.1) is 5.82 Å². The first-order valence-corrected chi connectivity index (χ1v) is 9.44. The van der Waals surface area contributed by atoms with Crippen LogP contribution in [-0.4, -0.2) is 40.4 Å². The smallest absolute Gasteiger partial charge is 0.248 e. The molecule has 0 bridgehead atoms. The Morgan fingerprint density at radius 1 is 1.18 bits per heavy atom. The van der Waals surface area contributed by atoms with Gasteiger partial charge in [-0.15, -0.1) is 0 Å². The molecule has 28 heavy (non-hydrogen) atoms. The highest BCUT2D eigenvalue weighted by molar-refractivity contribution is 5.93. The first-order chi connectivity index (χ1) is 13.4. The lowest BCUT2D eigenvalue weighted by Crippen LogP contribution is -2.51. The number of aryl methyl sites for hydroxylation is 1. The highest BCUT2D eigenvalue weighted by Gasteiger charge is 2.40. The van der Waals surface area contributed by atoms with Crippen molar-refractivity contribution in [2.75, 3.05) is 13.1 Å². The molecule has 7 heteroatoms. The van der Waals surface area contributed by atoms with Gasteiger partial charge < -0.3 is 15.4 Å². The van der Waals surface area contributed by atoms with Crippen LogP contribution in [0.1, 0.15) is 40.9 Å². The van der Waals surface area contributed by atoms with Crippen molar-refractivity contribution in [3.63, 3.8) is 0 Å². The normalized spacial score (nSPS) is 17.7. The summed E-state index contributed by atoms with van der Waals surface area (Å²) in [5.74, 6) is -0.0551. The third-order valence-corrected chi connectivity index (χ3v) is 5.66. The summed E-state index contributed by atoms with van der Waals surface area (Å²) < 4.78 is 19.6. The van der Waals surface area contributed by atoms with Crippen molar-refractivity contribution < 1.29 is 18.7 Å². The van der Waals surface area contributed by atoms with Gasteiger partial charge in [-0.3, -0.25) is 14.6 Å². The van der Waals surface area contributed by atoms with E-state index in [1.165, 1.54) is 24.4 Å². The monoisotopic (exact) mass is 383 g/mol. The van der Waals surface area contributed by atoms with E-state index in [9.17, 15) is 14.0 Å². The molecule has 2 aliphatic heterocycles. The van der Waals surface area contributed by atoms with Gasteiger partial charge in [0.15, 0.2) is 0 Å². The topological polar surface area (TPSA) is 85.5 Å². The van der Waals surface area contributed by atoms with E-state index in [1.54, 1.807) is 12.1 Å². The first-order valence-electron chi connectivity index (χ1n) is 9.44. The maximum Gasteiger partial charge on any atom is 0.248 e. The summed E-state index contributed by atoms with van der Waals surface area (Å²) in [5, 5.41) is 0. The van der Waals surface area contributed by atoms with Gasteiger partial charge in [-0.05, 0) is 48.7 Å². The molecule has 2 aromatic rings. The minimum atomic E-state index is -0.536. The second kappa shape index (κ2) is 7.22. The van der Waals surface area contributed by atoms with Crippen molar-refractivity contribution in [3.8, 4) is 5.75 Å². The summed E-state index contributed by atoms with van der Waals surface area (Å²) in [6.45, 7) is 1.20. The molecular weight excluding hydrogens is 361 g/mol. The number of benzene rings is 1. The molecule has 0 atom stereocenters. The molecule has 2 aliphatic rings. The fraction of sp³-hybridized carbons (Fsp3) is 0.381. The van der Waals surface area contributed by atoms with Gasteiger partial charge in [0.1, 0.15) is 17.2 Å². The summed E-state index contributed by atoms with van der Waals surface area (Å²) in [5.41, 5.74) is 6.78. The molecular formula is C21H22FN3O3. The molecule has 0 unspecified atom stereocenters. The summed E-state index contributed by atoms with van der Waals surface area (Å²) >= 11 is 0. The number of rotatable bonds is 3. The molecule has 0 radical (unpaired) electrons. The van der Waals surface area contributed by atoms with Gasteiger partial charge in [0.05, 0.1) is 12.1 Å². The molecule has 4 rings (SSSR count). The fourth-order valence-electron chi connectivity index (χ4n) is 4.00. The molecule has 2 N–H and O–H groups in total. The number of carbonyl (C=O) groups is 2. The number of fused-ring (bicyclic) bond motifs is 1. The predicted molar refractivity (Wildman–Crippen MR) is 100 cm³/mol.